The average molecular weight is 272 g/mol. The molecular weight excluding hydrogens is 260 g/mol. The highest BCUT2D eigenvalue weighted by atomic mass is 32.2. The van der Waals surface area contributed by atoms with Gasteiger partial charge in [0.15, 0.2) is 11.5 Å². The van der Waals surface area contributed by atoms with Crippen LogP contribution in [0.25, 0.3) is 0 Å². The molecule has 2 aromatic rings. The lowest BCUT2D eigenvalue weighted by atomic mass is 10.3. The summed E-state index contributed by atoms with van der Waals surface area (Å²) in [5, 5.41) is 9.54. The zero-order valence-corrected chi connectivity index (χ0v) is 11.4. The quantitative estimate of drug-likeness (QED) is 0.856. The van der Waals surface area contributed by atoms with Gasteiger partial charge in [-0.05, 0) is 30.3 Å². The summed E-state index contributed by atoms with van der Waals surface area (Å²) >= 11 is 1.50. The predicted molar refractivity (Wildman–Crippen MR) is 72.6 cm³/mol. The molecule has 0 aliphatic heterocycles. The van der Waals surface area contributed by atoms with E-state index in [4.69, 9.17) is 14.7 Å². The van der Waals surface area contributed by atoms with Crippen molar-refractivity contribution in [1.29, 1.82) is 5.26 Å². The second kappa shape index (κ2) is 6.12. The Morgan fingerprint density at radius 3 is 2.47 bits per heavy atom. The van der Waals surface area contributed by atoms with Gasteiger partial charge >= 0.3 is 0 Å². The van der Waals surface area contributed by atoms with Crippen LogP contribution >= 0.6 is 11.8 Å². The van der Waals surface area contributed by atoms with Gasteiger partial charge in [-0.3, -0.25) is 0 Å². The van der Waals surface area contributed by atoms with Crippen LogP contribution in [-0.2, 0) is 0 Å². The number of hydrogen-bond donors (Lipinski definition) is 0. The van der Waals surface area contributed by atoms with Gasteiger partial charge in [0.05, 0.1) is 19.8 Å². The molecule has 96 valence electrons. The summed E-state index contributed by atoms with van der Waals surface area (Å²) in [6.07, 6.45) is 1.56. The Hall–Kier alpha value is -2.19. The highest BCUT2D eigenvalue weighted by Gasteiger charge is 2.06. The lowest BCUT2D eigenvalue weighted by Gasteiger charge is -2.08. The van der Waals surface area contributed by atoms with Crippen molar-refractivity contribution in [2.75, 3.05) is 14.2 Å². The summed E-state index contributed by atoms with van der Waals surface area (Å²) in [6.45, 7) is 0. The predicted octanol–water partition coefficient (Wildman–Crippen LogP) is 3.12. The molecule has 0 unspecified atom stereocenters. The number of hydrogen-bond acceptors (Lipinski definition) is 5. The van der Waals surface area contributed by atoms with E-state index in [1.807, 2.05) is 30.3 Å². The number of aromatic nitrogens is 1. The van der Waals surface area contributed by atoms with Crippen LogP contribution < -0.4 is 9.47 Å². The minimum Gasteiger partial charge on any atom is -0.493 e. The first-order chi connectivity index (χ1) is 9.26. The molecule has 4 nitrogen and oxygen atoms in total. The molecule has 19 heavy (non-hydrogen) atoms. The Bertz CT molecular complexity index is 606. The first kappa shape index (κ1) is 13.2. The lowest BCUT2D eigenvalue weighted by Crippen LogP contribution is -1.90. The average Bonchev–Trinajstić information content (AvgIpc) is 2.48. The van der Waals surface area contributed by atoms with Crippen molar-refractivity contribution < 1.29 is 9.47 Å². The minimum atomic E-state index is 0.552. The smallest absolute Gasteiger partial charge is 0.161 e. The lowest BCUT2D eigenvalue weighted by molar-refractivity contribution is 0.354. The summed E-state index contributed by atoms with van der Waals surface area (Å²) in [4.78, 5) is 5.21. The number of pyridine rings is 1. The van der Waals surface area contributed by atoms with Gasteiger partial charge in [0.1, 0.15) is 11.1 Å². The number of rotatable bonds is 4. The Morgan fingerprint density at radius 2 is 1.89 bits per heavy atom. The molecule has 1 aromatic heterocycles. The molecule has 2 rings (SSSR count). The van der Waals surface area contributed by atoms with Gasteiger partial charge in [-0.25, -0.2) is 4.98 Å². The number of nitrogens with zero attached hydrogens (tertiary/aromatic N) is 2. The van der Waals surface area contributed by atoms with E-state index in [1.165, 1.54) is 11.8 Å². The van der Waals surface area contributed by atoms with Crippen molar-refractivity contribution in [2.24, 2.45) is 0 Å². The van der Waals surface area contributed by atoms with Gasteiger partial charge in [-0.2, -0.15) is 5.26 Å². The van der Waals surface area contributed by atoms with Crippen molar-refractivity contribution in [3.63, 3.8) is 0 Å². The minimum absolute atomic E-state index is 0.552. The fourth-order valence-corrected chi connectivity index (χ4v) is 2.29. The fraction of sp³-hybridized carbons (Fsp3) is 0.143. The molecule has 0 aliphatic rings. The normalized spacial score (nSPS) is 9.74. The summed E-state index contributed by atoms with van der Waals surface area (Å²) in [6, 6.07) is 11.3. The molecule has 0 atom stereocenters. The monoisotopic (exact) mass is 272 g/mol. The van der Waals surface area contributed by atoms with Gasteiger partial charge in [0.25, 0.3) is 0 Å². The maximum absolute atomic E-state index is 8.72. The van der Waals surface area contributed by atoms with Crippen LogP contribution in [0.2, 0.25) is 0 Å². The molecule has 0 radical (unpaired) electrons. The number of methoxy groups -OCH3 is 2. The van der Waals surface area contributed by atoms with Crippen LogP contribution in [0.15, 0.2) is 46.5 Å². The summed E-state index contributed by atoms with van der Waals surface area (Å²) in [5.41, 5.74) is 0.552. The zero-order chi connectivity index (χ0) is 13.7. The molecule has 5 heteroatoms. The van der Waals surface area contributed by atoms with E-state index in [1.54, 1.807) is 26.5 Å². The maximum atomic E-state index is 8.72. The van der Waals surface area contributed by atoms with E-state index in [2.05, 4.69) is 4.98 Å². The highest BCUT2D eigenvalue weighted by molar-refractivity contribution is 7.99. The molecule has 0 bridgehead atoms. The van der Waals surface area contributed by atoms with E-state index < -0.39 is 0 Å². The topological polar surface area (TPSA) is 55.1 Å². The van der Waals surface area contributed by atoms with Gasteiger partial charge in [-0.1, -0.05) is 11.8 Å². The molecule has 0 N–H and O–H groups in total. The van der Waals surface area contributed by atoms with E-state index in [9.17, 15) is 0 Å². The second-order valence-corrected chi connectivity index (χ2v) is 4.71. The van der Waals surface area contributed by atoms with Crippen LogP contribution in [0.3, 0.4) is 0 Å². The molecule has 0 fully saturated rings. The molecule has 0 saturated carbocycles. The summed E-state index contributed by atoms with van der Waals surface area (Å²) in [7, 11) is 3.21. The van der Waals surface area contributed by atoms with Crippen molar-refractivity contribution >= 4 is 11.8 Å². The second-order valence-electron chi connectivity index (χ2n) is 3.62. The van der Waals surface area contributed by atoms with Gasteiger partial charge in [-0.15, -0.1) is 0 Å². The van der Waals surface area contributed by atoms with Crippen LogP contribution in [-0.4, -0.2) is 19.2 Å². The van der Waals surface area contributed by atoms with Gasteiger partial charge < -0.3 is 9.47 Å². The zero-order valence-electron chi connectivity index (χ0n) is 10.6. The third kappa shape index (κ3) is 3.18. The third-order valence-electron chi connectivity index (χ3n) is 2.44. The Morgan fingerprint density at radius 1 is 1.11 bits per heavy atom. The highest BCUT2D eigenvalue weighted by Crippen LogP contribution is 2.34. The van der Waals surface area contributed by atoms with Gasteiger partial charge in [0, 0.05) is 11.1 Å². The van der Waals surface area contributed by atoms with Crippen LogP contribution in [0.4, 0.5) is 0 Å². The Kier molecular flexibility index (Phi) is 4.26. The standard InChI is InChI=1S/C14H12N2O2S/c1-17-12-5-4-11(7-13(12)18-2)19-14-6-3-10(8-15)9-16-14/h3-7,9H,1-2H3. The van der Waals surface area contributed by atoms with Crippen LogP contribution in [0, 0.1) is 11.3 Å². The fourth-order valence-electron chi connectivity index (χ4n) is 1.51. The Balaban J connectivity index is 2.20. The van der Waals surface area contributed by atoms with E-state index in [0.29, 0.717) is 17.1 Å². The molecule has 0 spiro atoms. The van der Waals surface area contributed by atoms with Crippen molar-refractivity contribution in [1.82, 2.24) is 4.98 Å². The summed E-state index contributed by atoms with van der Waals surface area (Å²) < 4.78 is 10.4. The molecule has 1 heterocycles. The SMILES string of the molecule is COc1ccc(Sc2ccc(C#N)cn2)cc1OC. The molecular formula is C14H12N2O2S. The number of nitriles is 1. The van der Waals surface area contributed by atoms with Gasteiger partial charge in [0.2, 0.25) is 0 Å². The molecule has 1 aromatic carbocycles. The first-order valence-corrected chi connectivity index (χ1v) is 6.34. The van der Waals surface area contributed by atoms with Crippen LogP contribution in [0.5, 0.6) is 11.5 Å². The molecule has 0 aliphatic carbocycles. The van der Waals surface area contributed by atoms with Crippen molar-refractivity contribution in [2.45, 2.75) is 9.92 Å². The largest absolute Gasteiger partial charge is 0.493 e. The number of benzene rings is 1. The first-order valence-electron chi connectivity index (χ1n) is 5.53. The third-order valence-corrected chi connectivity index (χ3v) is 3.38. The van der Waals surface area contributed by atoms with E-state index in [0.717, 1.165) is 9.92 Å². The van der Waals surface area contributed by atoms with Crippen molar-refractivity contribution in [3.05, 3.63) is 42.1 Å². The van der Waals surface area contributed by atoms with Crippen molar-refractivity contribution in [3.8, 4) is 17.6 Å². The van der Waals surface area contributed by atoms with Crippen LogP contribution in [0.1, 0.15) is 5.56 Å². The van der Waals surface area contributed by atoms with E-state index in [-0.39, 0.29) is 0 Å². The molecule has 0 amide bonds. The number of ether oxygens (including phenoxy) is 2. The van der Waals surface area contributed by atoms with E-state index >= 15 is 0 Å². The molecule has 0 saturated heterocycles. The Labute approximate surface area is 116 Å². The maximum Gasteiger partial charge on any atom is 0.161 e. The summed E-state index contributed by atoms with van der Waals surface area (Å²) in [5.74, 6) is 1.38.